The van der Waals surface area contributed by atoms with E-state index in [9.17, 15) is 4.79 Å². The zero-order valence-corrected chi connectivity index (χ0v) is 10.3. The van der Waals surface area contributed by atoms with Crippen LogP contribution in [0.15, 0.2) is 0 Å². The number of hydrogen-bond acceptors (Lipinski definition) is 2. The van der Waals surface area contributed by atoms with Crippen molar-refractivity contribution >= 4 is 5.78 Å². The molecule has 0 fully saturated rings. The van der Waals surface area contributed by atoms with Crippen LogP contribution in [-0.2, 0) is 18.3 Å². The standard InChI is InChI=1S/C12H20N2O/c1-8(6-9(2)15)7-12-10(3)13-14(5)11(12)4/h8H,6-7H2,1-5H3. The van der Waals surface area contributed by atoms with Gasteiger partial charge < -0.3 is 4.79 Å². The van der Waals surface area contributed by atoms with Crippen LogP contribution in [0.4, 0.5) is 0 Å². The van der Waals surface area contributed by atoms with Crippen molar-refractivity contribution in [1.82, 2.24) is 9.78 Å². The number of ketones is 1. The molecule has 1 rings (SSSR count). The maximum absolute atomic E-state index is 11.0. The summed E-state index contributed by atoms with van der Waals surface area (Å²) >= 11 is 0. The summed E-state index contributed by atoms with van der Waals surface area (Å²) in [5.41, 5.74) is 3.60. The van der Waals surface area contributed by atoms with Gasteiger partial charge in [0, 0.05) is 19.2 Å². The van der Waals surface area contributed by atoms with Crippen LogP contribution in [0.5, 0.6) is 0 Å². The summed E-state index contributed by atoms with van der Waals surface area (Å²) in [5, 5.41) is 4.37. The van der Waals surface area contributed by atoms with Gasteiger partial charge in [-0.1, -0.05) is 6.92 Å². The highest BCUT2D eigenvalue weighted by molar-refractivity contribution is 5.75. The van der Waals surface area contributed by atoms with Gasteiger partial charge >= 0.3 is 0 Å². The third kappa shape index (κ3) is 2.91. The van der Waals surface area contributed by atoms with E-state index in [1.165, 1.54) is 11.3 Å². The van der Waals surface area contributed by atoms with Crippen LogP contribution in [0, 0.1) is 19.8 Å². The van der Waals surface area contributed by atoms with E-state index < -0.39 is 0 Å². The number of aryl methyl sites for hydroxylation is 2. The van der Waals surface area contributed by atoms with Crippen molar-refractivity contribution in [3.8, 4) is 0 Å². The SMILES string of the molecule is CC(=O)CC(C)Cc1c(C)nn(C)c1C. The second-order valence-corrected chi connectivity index (χ2v) is 4.49. The number of carbonyl (C=O) groups is 1. The molecule has 0 saturated carbocycles. The van der Waals surface area contributed by atoms with Crippen LogP contribution >= 0.6 is 0 Å². The second kappa shape index (κ2) is 4.60. The Kier molecular flexibility index (Phi) is 3.66. The van der Waals surface area contributed by atoms with Gasteiger partial charge in [-0.2, -0.15) is 5.10 Å². The van der Waals surface area contributed by atoms with E-state index in [0.29, 0.717) is 12.3 Å². The number of nitrogens with zero attached hydrogens (tertiary/aromatic N) is 2. The predicted molar refractivity (Wildman–Crippen MR) is 60.8 cm³/mol. The van der Waals surface area contributed by atoms with Crippen LogP contribution < -0.4 is 0 Å². The van der Waals surface area contributed by atoms with E-state index in [-0.39, 0.29) is 5.78 Å². The van der Waals surface area contributed by atoms with E-state index in [4.69, 9.17) is 0 Å². The summed E-state index contributed by atoms with van der Waals surface area (Å²) in [6, 6.07) is 0. The summed E-state index contributed by atoms with van der Waals surface area (Å²) < 4.78 is 1.91. The quantitative estimate of drug-likeness (QED) is 0.760. The Morgan fingerprint density at radius 3 is 2.47 bits per heavy atom. The zero-order valence-electron chi connectivity index (χ0n) is 10.3. The Morgan fingerprint density at radius 2 is 2.07 bits per heavy atom. The molecule has 0 radical (unpaired) electrons. The fraction of sp³-hybridized carbons (Fsp3) is 0.667. The molecule has 3 nitrogen and oxygen atoms in total. The van der Waals surface area contributed by atoms with Crippen molar-refractivity contribution < 1.29 is 4.79 Å². The molecule has 1 heterocycles. The van der Waals surface area contributed by atoms with Gasteiger partial charge in [0.1, 0.15) is 5.78 Å². The summed E-state index contributed by atoms with van der Waals surface area (Å²) in [6.07, 6.45) is 1.61. The minimum Gasteiger partial charge on any atom is -0.300 e. The lowest BCUT2D eigenvalue weighted by atomic mass is 9.95. The average Bonchev–Trinajstić information content (AvgIpc) is 2.31. The minimum atomic E-state index is 0.265. The molecule has 0 saturated heterocycles. The van der Waals surface area contributed by atoms with Crippen molar-refractivity contribution in [2.75, 3.05) is 0 Å². The Labute approximate surface area is 91.5 Å². The molecule has 3 heteroatoms. The third-order valence-corrected chi connectivity index (χ3v) is 2.85. The van der Waals surface area contributed by atoms with Crippen molar-refractivity contribution in [2.45, 2.75) is 40.5 Å². The fourth-order valence-electron chi connectivity index (χ4n) is 2.02. The first-order valence-electron chi connectivity index (χ1n) is 5.40. The lowest BCUT2D eigenvalue weighted by Gasteiger charge is -2.09. The van der Waals surface area contributed by atoms with Crippen LogP contribution in [0.25, 0.3) is 0 Å². The molecule has 1 aromatic heterocycles. The highest BCUT2D eigenvalue weighted by Crippen LogP contribution is 2.18. The van der Waals surface area contributed by atoms with Crippen molar-refractivity contribution in [3.63, 3.8) is 0 Å². The molecule has 0 spiro atoms. The first-order chi connectivity index (χ1) is 6.91. The average molecular weight is 208 g/mol. The third-order valence-electron chi connectivity index (χ3n) is 2.85. The molecule has 0 amide bonds. The zero-order chi connectivity index (χ0) is 11.6. The first-order valence-corrected chi connectivity index (χ1v) is 5.40. The summed E-state index contributed by atoms with van der Waals surface area (Å²) in [5.74, 6) is 0.672. The molecule has 0 aliphatic carbocycles. The molecule has 1 aromatic rings. The lowest BCUT2D eigenvalue weighted by Crippen LogP contribution is -2.06. The molecule has 0 bridgehead atoms. The first kappa shape index (κ1) is 12.0. The van der Waals surface area contributed by atoms with Crippen LogP contribution in [0.3, 0.4) is 0 Å². The highest BCUT2D eigenvalue weighted by Gasteiger charge is 2.13. The largest absolute Gasteiger partial charge is 0.300 e. The van der Waals surface area contributed by atoms with E-state index in [1.807, 2.05) is 18.7 Å². The molecule has 0 aliphatic heterocycles. The summed E-state index contributed by atoms with van der Waals surface area (Å²) in [7, 11) is 1.96. The molecule has 0 aromatic carbocycles. The predicted octanol–water partition coefficient (Wildman–Crippen LogP) is 2.19. The highest BCUT2D eigenvalue weighted by atomic mass is 16.1. The van der Waals surface area contributed by atoms with E-state index in [0.717, 1.165) is 12.1 Å². The molecule has 1 unspecified atom stereocenters. The summed E-state index contributed by atoms with van der Waals surface area (Å²) in [4.78, 5) is 11.0. The number of aromatic nitrogens is 2. The maximum atomic E-state index is 11.0. The van der Waals surface area contributed by atoms with Gasteiger partial charge in [0.15, 0.2) is 0 Å². The smallest absolute Gasteiger partial charge is 0.130 e. The fourth-order valence-corrected chi connectivity index (χ4v) is 2.02. The molecule has 1 atom stereocenters. The number of rotatable bonds is 4. The minimum absolute atomic E-state index is 0.265. The van der Waals surface area contributed by atoms with Gasteiger partial charge in [0.25, 0.3) is 0 Å². The maximum Gasteiger partial charge on any atom is 0.130 e. The van der Waals surface area contributed by atoms with Crippen LogP contribution in [0.2, 0.25) is 0 Å². The molecule has 0 N–H and O–H groups in total. The molecular formula is C12H20N2O. The normalized spacial score (nSPS) is 12.9. The van der Waals surface area contributed by atoms with Gasteiger partial charge in [-0.25, -0.2) is 0 Å². The van der Waals surface area contributed by atoms with E-state index >= 15 is 0 Å². The van der Waals surface area contributed by atoms with Crippen molar-refractivity contribution in [3.05, 3.63) is 17.0 Å². The van der Waals surface area contributed by atoms with E-state index in [2.05, 4.69) is 18.9 Å². The van der Waals surface area contributed by atoms with Crippen molar-refractivity contribution in [2.24, 2.45) is 13.0 Å². The van der Waals surface area contributed by atoms with Crippen LogP contribution in [0.1, 0.15) is 37.2 Å². The second-order valence-electron chi connectivity index (χ2n) is 4.49. The molecule has 84 valence electrons. The van der Waals surface area contributed by atoms with Gasteiger partial charge in [-0.15, -0.1) is 0 Å². The van der Waals surface area contributed by atoms with E-state index in [1.54, 1.807) is 6.92 Å². The monoisotopic (exact) mass is 208 g/mol. The van der Waals surface area contributed by atoms with Gasteiger partial charge in [0.05, 0.1) is 5.69 Å². The Hall–Kier alpha value is -1.12. The van der Waals surface area contributed by atoms with Gasteiger partial charge in [-0.3, -0.25) is 4.68 Å². The topological polar surface area (TPSA) is 34.9 Å². The molecular weight excluding hydrogens is 188 g/mol. The number of Topliss-reactive ketones (excluding diaryl/α,β-unsaturated/α-hetero) is 1. The molecule has 0 aliphatic rings. The van der Waals surface area contributed by atoms with Gasteiger partial charge in [-0.05, 0) is 38.7 Å². The Morgan fingerprint density at radius 1 is 1.47 bits per heavy atom. The van der Waals surface area contributed by atoms with Crippen molar-refractivity contribution in [1.29, 1.82) is 0 Å². The lowest BCUT2D eigenvalue weighted by molar-refractivity contribution is -0.117. The van der Waals surface area contributed by atoms with Gasteiger partial charge in [0.2, 0.25) is 0 Å². The Balaban J connectivity index is 2.76. The Bertz CT molecular complexity index is 366. The molecule has 15 heavy (non-hydrogen) atoms. The van der Waals surface area contributed by atoms with Crippen LogP contribution in [-0.4, -0.2) is 15.6 Å². The number of carbonyl (C=O) groups excluding carboxylic acids is 1. The summed E-state index contributed by atoms with van der Waals surface area (Å²) in [6.45, 7) is 7.88. The number of hydrogen-bond donors (Lipinski definition) is 0.